The molecule has 41 valence electrons. The largest absolute Gasteiger partial charge is 0.458 e. The summed E-state index contributed by atoms with van der Waals surface area (Å²) in [6.07, 6.45) is 0. The third kappa shape index (κ3) is 1.54. The van der Waals surface area contributed by atoms with Crippen LogP contribution >= 0.6 is 0 Å². The Labute approximate surface area is 50.3 Å². The molecule has 0 N–H and O–H groups in total. The minimum atomic E-state index is -0.168. The maximum absolute atomic E-state index is 5.01. The van der Waals surface area contributed by atoms with E-state index in [-0.39, 0.29) is 14.2 Å². The quantitative estimate of drug-likeness (QED) is 0.405. The average Bonchev–Trinajstić information content (AvgIpc) is 1.64. The fourth-order valence-corrected chi connectivity index (χ4v) is 0.523. The van der Waals surface area contributed by atoms with Crippen LogP contribution in [0.15, 0.2) is 0 Å². The molecule has 0 bridgehead atoms. The highest BCUT2D eigenvalue weighted by Crippen LogP contribution is 1.99. The Morgan fingerprint density at radius 1 is 1.12 bits per heavy atom. The van der Waals surface area contributed by atoms with Crippen molar-refractivity contribution in [2.24, 2.45) is 0 Å². The summed E-state index contributed by atoms with van der Waals surface area (Å²) < 4.78 is 14.6. The monoisotopic (exact) mass is 111 g/mol. The van der Waals surface area contributed by atoms with E-state index in [1.165, 1.54) is 7.69 Å². The van der Waals surface area contributed by atoms with E-state index < -0.39 is 0 Å². The zero-order chi connectivity index (χ0) is 5.98. The first-order valence-electron chi connectivity index (χ1n) is 2.57. The van der Waals surface area contributed by atoms with Crippen molar-refractivity contribution in [3.8, 4) is 0 Å². The van der Waals surface area contributed by atoms with E-state index in [0.717, 1.165) is 0 Å². The lowest BCUT2D eigenvalue weighted by molar-refractivity contribution is 0.311. The lowest BCUT2D eigenvalue weighted by Gasteiger charge is -2.19. The Balaban J connectivity index is 2.23. The van der Waals surface area contributed by atoms with Gasteiger partial charge in [0.05, 0.1) is 0 Å². The van der Waals surface area contributed by atoms with Crippen molar-refractivity contribution >= 4 is 21.9 Å². The molecule has 0 aromatic carbocycles. The molecule has 1 rings (SSSR count). The summed E-state index contributed by atoms with van der Waals surface area (Å²) in [7, 11) is 0.969. The zero-order valence-corrected chi connectivity index (χ0v) is 4.96. The van der Waals surface area contributed by atoms with Crippen molar-refractivity contribution in [3.05, 3.63) is 0 Å². The summed E-state index contributed by atoms with van der Waals surface area (Å²) in [5.41, 5.74) is 0. The van der Waals surface area contributed by atoms with Crippen LogP contribution in [-0.2, 0) is 13.7 Å². The second kappa shape index (κ2) is 2.57. The normalized spacial score (nSPS) is 20.8. The molecular formula is C2H6B3O3. The van der Waals surface area contributed by atoms with Crippen molar-refractivity contribution in [3.63, 3.8) is 0 Å². The summed E-state index contributed by atoms with van der Waals surface area (Å²) in [5, 5.41) is 0. The summed E-state index contributed by atoms with van der Waals surface area (Å²) in [4.78, 5) is 0. The molecule has 1 fully saturated rings. The van der Waals surface area contributed by atoms with Gasteiger partial charge >= 0.3 is 21.9 Å². The van der Waals surface area contributed by atoms with Gasteiger partial charge in [0.2, 0.25) is 0 Å². The van der Waals surface area contributed by atoms with Gasteiger partial charge in [0.1, 0.15) is 0 Å². The molecule has 0 aromatic rings. The van der Waals surface area contributed by atoms with Gasteiger partial charge in [-0.25, -0.2) is 0 Å². The average molecular weight is 111 g/mol. The second-order valence-electron chi connectivity index (χ2n) is 1.64. The Kier molecular flexibility index (Phi) is 1.99. The highest BCUT2D eigenvalue weighted by Gasteiger charge is 2.25. The summed E-state index contributed by atoms with van der Waals surface area (Å²) >= 11 is 0. The molecule has 1 saturated heterocycles. The van der Waals surface area contributed by atoms with Crippen LogP contribution in [0, 0.1) is 0 Å². The molecule has 1 aliphatic rings. The van der Waals surface area contributed by atoms with Gasteiger partial charge in [0, 0.05) is 0 Å². The molecule has 3 nitrogen and oxygen atoms in total. The first kappa shape index (κ1) is 6.20. The maximum Gasteiger partial charge on any atom is 0.458 e. The van der Waals surface area contributed by atoms with Crippen LogP contribution in [0.4, 0.5) is 0 Å². The predicted molar refractivity (Wildman–Crippen MR) is 32.2 cm³/mol. The maximum atomic E-state index is 5.01. The van der Waals surface area contributed by atoms with Crippen LogP contribution < -0.4 is 0 Å². The van der Waals surface area contributed by atoms with Crippen molar-refractivity contribution in [2.75, 3.05) is 0 Å². The second-order valence-corrected chi connectivity index (χ2v) is 1.64. The molecule has 0 aromatic heterocycles. The van der Waals surface area contributed by atoms with Gasteiger partial charge in [-0.05, 0) is 13.6 Å². The molecule has 0 saturated carbocycles. The predicted octanol–water partition coefficient (Wildman–Crippen LogP) is -0.180. The van der Waals surface area contributed by atoms with Gasteiger partial charge in [-0.2, -0.15) is 0 Å². The Morgan fingerprint density at radius 3 is 1.88 bits per heavy atom. The van der Waals surface area contributed by atoms with Gasteiger partial charge in [-0.3, -0.25) is 0 Å². The molecular weight excluding hydrogens is 104 g/mol. The van der Waals surface area contributed by atoms with E-state index in [1.807, 2.05) is 13.6 Å². The van der Waals surface area contributed by atoms with E-state index in [9.17, 15) is 0 Å². The van der Waals surface area contributed by atoms with E-state index in [0.29, 0.717) is 0 Å². The van der Waals surface area contributed by atoms with Gasteiger partial charge in [-0.15, -0.1) is 0 Å². The fourth-order valence-electron chi connectivity index (χ4n) is 0.523. The molecule has 1 aliphatic heterocycles. The smallest absolute Gasteiger partial charge is 0.455 e. The molecule has 1 radical (unpaired) electrons. The van der Waals surface area contributed by atoms with Crippen LogP contribution in [0.25, 0.3) is 0 Å². The summed E-state index contributed by atoms with van der Waals surface area (Å²) in [6.45, 7) is 3.63. The molecule has 1 heterocycles. The number of hydrogen-bond donors (Lipinski definition) is 0. The number of hydrogen-bond acceptors (Lipinski definition) is 3. The van der Waals surface area contributed by atoms with E-state index in [4.69, 9.17) is 13.7 Å². The van der Waals surface area contributed by atoms with Crippen molar-refractivity contribution in [1.82, 2.24) is 0 Å². The third-order valence-electron chi connectivity index (χ3n) is 0.878. The number of rotatable bonds is 0. The molecule has 6 heteroatoms. The van der Waals surface area contributed by atoms with Gasteiger partial charge in [0.25, 0.3) is 0 Å². The van der Waals surface area contributed by atoms with E-state index in [1.54, 1.807) is 0 Å². The first-order chi connectivity index (χ1) is 3.79. The summed E-state index contributed by atoms with van der Waals surface area (Å²) in [6, 6.07) is 0. The van der Waals surface area contributed by atoms with E-state index >= 15 is 0 Å². The highest BCUT2D eigenvalue weighted by molar-refractivity contribution is 6.66. The lowest BCUT2D eigenvalue weighted by atomic mass is 9.80. The van der Waals surface area contributed by atoms with Crippen molar-refractivity contribution in [1.29, 1.82) is 0 Å². The topological polar surface area (TPSA) is 27.7 Å². The Hall–Kier alpha value is 0.0748. The standard InChI is InChI=1S/C2H6B3O3/c1-4-6-3-7-5(2)8-4/h1-2H3. The Morgan fingerprint density at radius 2 is 1.62 bits per heavy atom. The van der Waals surface area contributed by atoms with Crippen LogP contribution in [0.2, 0.25) is 13.6 Å². The van der Waals surface area contributed by atoms with Crippen molar-refractivity contribution in [2.45, 2.75) is 13.6 Å². The zero-order valence-electron chi connectivity index (χ0n) is 4.96. The lowest BCUT2D eigenvalue weighted by Crippen LogP contribution is -2.38. The molecule has 0 aliphatic carbocycles. The molecule has 0 spiro atoms. The highest BCUT2D eigenvalue weighted by atomic mass is 16.7. The molecule has 0 amide bonds. The molecule has 8 heavy (non-hydrogen) atoms. The van der Waals surface area contributed by atoms with Crippen LogP contribution in [0.3, 0.4) is 0 Å². The van der Waals surface area contributed by atoms with Crippen molar-refractivity contribution < 1.29 is 13.7 Å². The van der Waals surface area contributed by atoms with Crippen LogP contribution in [-0.4, -0.2) is 21.9 Å². The molecule has 0 unspecified atom stereocenters. The van der Waals surface area contributed by atoms with E-state index in [2.05, 4.69) is 0 Å². The molecule has 0 atom stereocenters. The first-order valence-corrected chi connectivity index (χ1v) is 2.57. The minimum absolute atomic E-state index is 0.168. The van der Waals surface area contributed by atoms with Gasteiger partial charge in [0.15, 0.2) is 0 Å². The van der Waals surface area contributed by atoms with Crippen LogP contribution in [0.1, 0.15) is 0 Å². The minimum Gasteiger partial charge on any atom is -0.455 e. The van der Waals surface area contributed by atoms with Gasteiger partial charge < -0.3 is 13.7 Å². The SMILES string of the molecule is CB1O[B]OB(C)O1. The van der Waals surface area contributed by atoms with Crippen LogP contribution in [0.5, 0.6) is 0 Å². The summed E-state index contributed by atoms with van der Waals surface area (Å²) in [5.74, 6) is 0. The van der Waals surface area contributed by atoms with Gasteiger partial charge in [-0.1, -0.05) is 0 Å². The fraction of sp³-hybridized carbons (Fsp3) is 1.00. The Bertz CT molecular complexity index is 70.9. The third-order valence-corrected chi connectivity index (χ3v) is 0.878.